The zero-order valence-corrected chi connectivity index (χ0v) is 11.7. The van der Waals surface area contributed by atoms with E-state index < -0.39 is 31.5 Å². The summed E-state index contributed by atoms with van der Waals surface area (Å²) in [5, 5.41) is 23.3. The van der Waals surface area contributed by atoms with E-state index in [0.717, 1.165) is 4.88 Å². The van der Waals surface area contributed by atoms with Crippen LogP contribution in [0.15, 0.2) is 17.5 Å². The van der Waals surface area contributed by atoms with Crippen molar-refractivity contribution in [3.05, 3.63) is 22.4 Å². The summed E-state index contributed by atoms with van der Waals surface area (Å²) >= 11 is 1.43. The van der Waals surface area contributed by atoms with Crippen molar-refractivity contribution in [1.29, 1.82) is 0 Å². The number of hydrogen-bond acceptors (Lipinski definition) is 6. The Balaban J connectivity index is 1.88. The zero-order chi connectivity index (χ0) is 15.4. The van der Waals surface area contributed by atoms with Gasteiger partial charge in [0.2, 0.25) is 11.8 Å². The molecule has 1 fully saturated rings. The third-order valence-corrected chi connectivity index (χ3v) is 3.67. The number of rotatable bonds is 5. The number of carboxylic acid groups (broad SMARTS) is 1. The van der Waals surface area contributed by atoms with Crippen molar-refractivity contribution in [2.24, 2.45) is 0 Å². The number of amides is 2. The van der Waals surface area contributed by atoms with Gasteiger partial charge in [0.25, 0.3) is 0 Å². The van der Waals surface area contributed by atoms with Crippen LogP contribution in [-0.4, -0.2) is 52.6 Å². The molecule has 1 aromatic heterocycles. The Hall–Kier alpha value is -1.91. The van der Waals surface area contributed by atoms with Crippen molar-refractivity contribution in [1.82, 2.24) is 10.4 Å². The minimum Gasteiger partial charge on any atom is -0.480 e. The van der Waals surface area contributed by atoms with Crippen LogP contribution in [-0.2, 0) is 25.6 Å². The van der Waals surface area contributed by atoms with Gasteiger partial charge in [0.1, 0.15) is 6.54 Å². The van der Waals surface area contributed by atoms with Crippen LogP contribution in [0.25, 0.3) is 0 Å². The summed E-state index contributed by atoms with van der Waals surface area (Å²) < 4.78 is 4.80. The predicted molar refractivity (Wildman–Crippen MR) is 73.0 cm³/mol. The molecule has 1 saturated heterocycles. The van der Waals surface area contributed by atoms with E-state index in [-0.39, 0.29) is 18.7 Å². The van der Waals surface area contributed by atoms with Gasteiger partial charge in [-0.25, -0.2) is 5.06 Å². The van der Waals surface area contributed by atoms with Crippen molar-refractivity contribution in [2.75, 3.05) is 6.54 Å². The molecule has 2 rings (SSSR count). The molecule has 3 N–H and O–H groups in total. The van der Waals surface area contributed by atoms with Gasteiger partial charge >= 0.3 is 13.1 Å². The number of carbonyl (C=O) groups excluding carboxylic acids is 2. The SMILES string of the molecule is O=C(O)CN1OB(O)C(NC(=O)Cc2cccs2)CC1=O. The van der Waals surface area contributed by atoms with Crippen molar-refractivity contribution >= 4 is 36.2 Å². The van der Waals surface area contributed by atoms with Crippen LogP contribution in [0, 0.1) is 0 Å². The van der Waals surface area contributed by atoms with Gasteiger partial charge in [-0.1, -0.05) is 6.07 Å². The summed E-state index contributed by atoms with van der Waals surface area (Å²) in [6, 6.07) is 3.62. The van der Waals surface area contributed by atoms with Crippen LogP contribution >= 0.6 is 11.3 Å². The van der Waals surface area contributed by atoms with E-state index in [0.29, 0.717) is 5.06 Å². The minimum absolute atomic E-state index is 0.147. The second kappa shape index (κ2) is 6.70. The van der Waals surface area contributed by atoms with Gasteiger partial charge in [0.15, 0.2) is 0 Å². The number of carboxylic acids is 1. The van der Waals surface area contributed by atoms with Gasteiger partial charge in [-0.05, 0) is 11.4 Å². The molecule has 1 aromatic rings. The molecular weight excluding hydrogens is 299 g/mol. The highest BCUT2D eigenvalue weighted by Gasteiger charge is 2.40. The van der Waals surface area contributed by atoms with Gasteiger partial charge in [0, 0.05) is 11.3 Å². The molecule has 1 atom stereocenters. The summed E-state index contributed by atoms with van der Waals surface area (Å²) in [6.45, 7) is -0.661. The number of carbonyl (C=O) groups is 3. The molecule has 2 amide bonds. The number of thiophene rings is 1. The molecule has 1 unspecified atom stereocenters. The smallest absolute Gasteiger partial charge is 0.480 e. The topological polar surface area (TPSA) is 116 Å². The summed E-state index contributed by atoms with van der Waals surface area (Å²) in [7, 11) is -1.46. The van der Waals surface area contributed by atoms with E-state index in [9.17, 15) is 19.4 Å². The molecule has 0 aromatic carbocycles. The molecule has 8 nitrogen and oxygen atoms in total. The fourth-order valence-corrected chi connectivity index (χ4v) is 2.56. The maximum absolute atomic E-state index is 11.8. The highest BCUT2D eigenvalue weighted by Crippen LogP contribution is 2.13. The highest BCUT2D eigenvalue weighted by atomic mass is 32.1. The van der Waals surface area contributed by atoms with Gasteiger partial charge in [-0.15, -0.1) is 11.3 Å². The lowest BCUT2D eigenvalue weighted by Crippen LogP contribution is -2.58. The average Bonchev–Trinajstić information content (AvgIpc) is 2.87. The van der Waals surface area contributed by atoms with Crippen LogP contribution in [0.2, 0.25) is 0 Å². The van der Waals surface area contributed by atoms with E-state index in [1.165, 1.54) is 11.3 Å². The van der Waals surface area contributed by atoms with E-state index in [1.54, 1.807) is 6.07 Å². The Morgan fingerprint density at radius 3 is 2.95 bits per heavy atom. The first-order chi connectivity index (χ1) is 9.95. The lowest BCUT2D eigenvalue weighted by Gasteiger charge is -2.32. The molecule has 0 saturated carbocycles. The normalized spacial score (nSPS) is 18.7. The fraction of sp³-hybridized carbons (Fsp3) is 0.364. The average molecular weight is 312 g/mol. The summed E-state index contributed by atoms with van der Waals surface area (Å²) in [5.41, 5.74) is 0. The minimum atomic E-state index is -1.46. The molecule has 2 heterocycles. The summed E-state index contributed by atoms with van der Waals surface area (Å²) in [4.78, 5) is 34.9. The molecule has 21 heavy (non-hydrogen) atoms. The third-order valence-electron chi connectivity index (χ3n) is 2.79. The number of hydrogen-bond donors (Lipinski definition) is 3. The Labute approximate surface area is 124 Å². The largest absolute Gasteiger partial charge is 0.502 e. The number of aliphatic carboxylic acids is 1. The molecule has 0 radical (unpaired) electrons. The van der Waals surface area contributed by atoms with Crippen molar-refractivity contribution in [3.63, 3.8) is 0 Å². The Bertz CT molecular complexity index is 537. The molecule has 0 bridgehead atoms. The first-order valence-electron chi connectivity index (χ1n) is 6.14. The lowest BCUT2D eigenvalue weighted by atomic mass is 9.75. The van der Waals surface area contributed by atoms with Crippen LogP contribution in [0.5, 0.6) is 0 Å². The Morgan fingerprint density at radius 1 is 1.57 bits per heavy atom. The number of hydroxylamine groups is 2. The van der Waals surface area contributed by atoms with Gasteiger partial charge in [-0.2, -0.15) is 0 Å². The molecule has 112 valence electrons. The van der Waals surface area contributed by atoms with E-state index >= 15 is 0 Å². The molecular formula is C11H13BN2O6S. The van der Waals surface area contributed by atoms with Crippen LogP contribution < -0.4 is 5.32 Å². The van der Waals surface area contributed by atoms with Crippen molar-refractivity contribution in [3.8, 4) is 0 Å². The highest BCUT2D eigenvalue weighted by molar-refractivity contribution is 7.10. The predicted octanol–water partition coefficient (Wildman–Crippen LogP) is -0.956. The first-order valence-corrected chi connectivity index (χ1v) is 7.02. The Kier molecular flexibility index (Phi) is 4.94. The second-order valence-electron chi connectivity index (χ2n) is 4.45. The van der Waals surface area contributed by atoms with E-state index in [2.05, 4.69) is 5.32 Å². The first kappa shape index (κ1) is 15.5. The molecule has 0 spiro atoms. The molecule has 0 aliphatic carbocycles. The molecule has 1 aliphatic heterocycles. The third kappa shape index (κ3) is 4.28. The maximum atomic E-state index is 11.8. The summed E-state index contributed by atoms with van der Waals surface area (Å²) in [6.07, 6.45) is -0.0709. The maximum Gasteiger partial charge on any atom is 0.502 e. The van der Waals surface area contributed by atoms with Gasteiger partial charge in [-0.3, -0.25) is 19.1 Å². The zero-order valence-electron chi connectivity index (χ0n) is 10.9. The monoisotopic (exact) mass is 312 g/mol. The Morgan fingerprint density at radius 2 is 2.33 bits per heavy atom. The molecule has 1 aliphatic rings. The van der Waals surface area contributed by atoms with Crippen molar-refractivity contribution in [2.45, 2.75) is 18.8 Å². The van der Waals surface area contributed by atoms with Crippen LogP contribution in [0.3, 0.4) is 0 Å². The number of nitrogens with one attached hydrogen (secondary N) is 1. The van der Waals surface area contributed by atoms with Gasteiger partial charge < -0.3 is 15.4 Å². The van der Waals surface area contributed by atoms with Gasteiger partial charge in [0.05, 0.1) is 12.4 Å². The fourth-order valence-electron chi connectivity index (χ4n) is 1.85. The van der Waals surface area contributed by atoms with Crippen LogP contribution in [0.1, 0.15) is 11.3 Å². The quantitative estimate of drug-likeness (QED) is 0.603. The van der Waals surface area contributed by atoms with Crippen LogP contribution in [0.4, 0.5) is 0 Å². The van der Waals surface area contributed by atoms with E-state index in [4.69, 9.17) is 9.86 Å². The lowest BCUT2D eigenvalue weighted by molar-refractivity contribution is -0.174. The second-order valence-corrected chi connectivity index (χ2v) is 5.49. The summed E-state index contributed by atoms with van der Waals surface area (Å²) in [5.74, 6) is -3.10. The van der Waals surface area contributed by atoms with E-state index in [1.807, 2.05) is 11.4 Å². The molecule has 10 heteroatoms. The standard InChI is InChI=1S/C11H13BN2O6S/c15-9(4-7-2-1-3-21-7)13-8-5-10(16)14(6-11(17)18)20-12(8)19/h1-3,8,19H,4-6H2,(H,13,15)(H,17,18). The van der Waals surface area contributed by atoms with Crippen molar-refractivity contribution < 1.29 is 29.3 Å². The number of nitrogens with zero attached hydrogens (tertiary/aromatic N) is 1.